The number of amides is 2. The molecule has 0 aliphatic heterocycles. The predicted molar refractivity (Wildman–Crippen MR) is 138 cm³/mol. The second-order valence-electron chi connectivity index (χ2n) is 8.55. The van der Waals surface area contributed by atoms with Gasteiger partial charge in [0.05, 0.1) is 24.1 Å². The molecule has 3 rings (SSSR count). The number of hydrogen-bond acceptors (Lipinski definition) is 6. The Bertz CT molecular complexity index is 1370. The van der Waals surface area contributed by atoms with Crippen LogP contribution >= 0.6 is 11.6 Å². The summed E-state index contributed by atoms with van der Waals surface area (Å²) in [6.07, 6.45) is -3.14. The molecule has 2 aromatic carbocycles. The van der Waals surface area contributed by atoms with Crippen LogP contribution in [0, 0.1) is 5.92 Å². The molecule has 2 N–H and O–H groups in total. The van der Waals surface area contributed by atoms with Crippen molar-refractivity contribution in [2.24, 2.45) is 5.92 Å². The number of rotatable bonds is 10. The number of carbonyl (C=O) groups excluding carboxylic acids is 3. The molecular weight excluding hydrogens is 541 g/mol. The molecule has 2 amide bonds. The largest absolute Gasteiger partial charge is 0.482 e. The van der Waals surface area contributed by atoms with Crippen molar-refractivity contribution in [3.8, 4) is 11.4 Å². The molecule has 1 aromatic heterocycles. The van der Waals surface area contributed by atoms with Crippen LogP contribution in [0.25, 0.3) is 5.69 Å². The van der Waals surface area contributed by atoms with E-state index in [4.69, 9.17) is 21.1 Å². The first-order chi connectivity index (χ1) is 18.4. The van der Waals surface area contributed by atoms with E-state index in [1.165, 1.54) is 42.5 Å². The monoisotopic (exact) mass is 564 g/mol. The van der Waals surface area contributed by atoms with Crippen LogP contribution in [-0.2, 0) is 20.5 Å². The Balaban J connectivity index is 1.81. The standard InChI is InChI=1S/C26H24ClF3N4O5/c1-4-22(35)32-17-9-16(27)10-18(11-17)33-25(37)21-12-31-34(24(21)26(28,29)30)19-5-7-20(8-6-19)38-14-23(36)39-13-15(2)3/h4-12,15H,1,13-14H2,2-3H3,(H,32,35)(H,33,37). The molecule has 0 saturated heterocycles. The maximum atomic E-state index is 14.1. The van der Waals surface area contributed by atoms with Gasteiger partial charge in [-0.1, -0.05) is 32.0 Å². The summed E-state index contributed by atoms with van der Waals surface area (Å²) in [7, 11) is 0. The zero-order valence-electron chi connectivity index (χ0n) is 20.8. The molecule has 0 atom stereocenters. The van der Waals surface area contributed by atoms with Crippen molar-refractivity contribution >= 4 is 40.8 Å². The van der Waals surface area contributed by atoms with Crippen molar-refractivity contribution in [3.63, 3.8) is 0 Å². The number of aromatic nitrogens is 2. The van der Waals surface area contributed by atoms with Crippen molar-refractivity contribution in [1.29, 1.82) is 0 Å². The van der Waals surface area contributed by atoms with Crippen LogP contribution in [0.1, 0.15) is 29.9 Å². The molecule has 0 aliphatic rings. The van der Waals surface area contributed by atoms with Gasteiger partial charge in [-0.05, 0) is 54.5 Å². The summed E-state index contributed by atoms with van der Waals surface area (Å²) in [5.74, 6) is -1.84. The Kier molecular flexibility index (Phi) is 9.36. The Labute approximate surface area is 226 Å². The third kappa shape index (κ3) is 8.08. The van der Waals surface area contributed by atoms with Crippen LogP contribution in [0.2, 0.25) is 5.02 Å². The lowest BCUT2D eigenvalue weighted by atomic mass is 10.2. The third-order valence-corrected chi connectivity index (χ3v) is 5.12. The molecule has 0 fully saturated rings. The lowest BCUT2D eigenvalue weighted by molar-refractivity contribution is -0.147. The fourth-order valence-electron chi connectivity index (χ4n) is 3.24. The molecule has 13 heteroatoms. The second kappa shape index (κ2) is 12.5. The van der Waals surface area contributed by atoms with E-state index < -0.39 is 35.2 Å². The number of ether oxygens (including phenoxy) is 2. The molecule has 0 saturated carbocycles. The fraction of sp³-hybridized carbons (Fsp3) is 0.231. The molecule has 0 radical (unpaired) electrons. The maximum absolute atomic E-state index is 14.1. The van der Waals surface area contributed by atoms with Gasteiger partial charge in [-0.25, -0.2) is 9.48 Å². The van der Waals surface area contributed by atoms with Gasteiger partial charge in [0, 0.05) is 16.4 Å². The van der Waals surface area contributed by atoms with Gasteiger partial charge in [0.2, 0.25) is 5.91 Å². The average Bonchev–Trinajstić information content (AvgIpc) is 3.32. The van der Waals surface area contributed by atoms with E-state index in [0.29, 0.717) is 4.68 Å². The predicted octanol–water partition coefficient (Wildman–Crippen LogP) is 5.50. The number of hydrogen-bond donors (Lipinski definition) is 2. The average molecular weight is 565 g/mol. The molecule has 9 nitrogen and oxygen atoms in total. The SMILES string of the molecule is C=CC(=O)Nc1cc(Cl)cc(NC(=O)c2cnn(-c3ccc(OCC(=O)OCC(C)C)cc3)c2C(F)(F)F)c1. The minimum Gasteiger partial charge on any atom is -0.482 e. The summed E-state index contributed by atoms with van der Waals surface area (Å²) in [6.45, 7) is 6.96. The number of carbonyl (C=O) groups is 3. The number of halogens is 4. The van der Waals surface area contributed by atoms with Gasteiger partial charge in [-0.15, -0.1) is 0 Å². The Hall–Kier alpha value is -4.32. The normalized spacial score (nSPS) is 11.2. The number of anilines is 2. The Morgan fingerprint density at radius 3 is 2.33 bits per heavy atom. The van der Waals surface area contributed by atoms with E-state index in [1.807, 2.05) is 13.8 Å². The van der Waals surface area contributed by atoms with Crippen LogP contribution in [0.4, 0.5) is 24.5 Å². The summed E-state index contributed by atoms with van der Waals surface area (Å²) >= 11 is 6.01. The van der Waals surface area contributed by atoms with E-state index >= 15 is 0 Å². The quantitative estimate of drug-likeness (QED) is 0.248. The summed E-state index contributed by atoms with van der Waals surface area (Å²) in [4.78, 5) is 36.1. The van der Waals surface area contributed by atoms with Gasteiger partial charge >= 0.3 is 12.1 Å². The van der Waals surface area contributed by atoms with Crippen molar-refractivity contribution in [2.45, 2.75) is 20.0 Å². The Morgan fingerprint density at radius 1 is 1.10 bits per heavy atom. The van der Waals surface area contributed by atoms with Crippen molar-refractivity contribution in [3.05, 3.63) is 77.6 Å². The number of nitrogens with one attached hydrogen (secondary N) is 2. The number of nitrogens with zero attached hydrogens (tertiary/aromatic N) is 2. The number of benzene rings is 2. The van der Waals surface area contributed by atoms with Crippen molar-refractivity contribution in [2.75, 3.05) is 23.8 Å². The highest BCUT2D eigenvalue weighted by Crippen LogP contribution is 2.34. The van der Waals surface area contributed by atoms with Gasteiger partial charge in [0.25, 0.3) is 5.91 Å². The molecule has 0 unspecified atom stereocenters. The molecular formula is C26H24ClF3N4O5. The Morgan fingerprint density at radius 2 is 1.74 bits per heavy atom. The highest BCUT2D eigenvalue weighted by molar-refractivity contribution is 6.31. The summed E-state index contributed by atoms with van der Waals surface area (Å²) < 4.78 is 53.1. The van der Waals surface area contributed by atoms with Crippen molar-refractivity contribution < 1.29 is 37.0 Å². The first-order valence-electron chi connectivity index (χ1n) is 11.5. The minimum absolute atomic E-state index is 0.00621. The lowest BCUT2D eigenvalue weighted by Crippen LogP contribution is -2.21. The van der Waals surface area contributed by atoms with Crippen LogP contribution in [0.15, 0.2) is 61.3 Å². The zero-order valence-corrected chi connectivity index (χ0v) is 21.6. The molecule has 0 bridgehead atoms. The number of esters is 1. The molecule has 39 heavy (non-hydrogen) atoms. The van der Waals surface area contributed by atoms with Crippen LogP contribution < -0.4 is 15.4 Å². The molecule has 0 spiro atoms. The highest BCUT2D eigenvalue weighted by Gasteiger charge is 2.40. The summed E-state index contributed by atoms with van der Waals surface area (Å²) in [6, 6.07) is 9.32. The van der Waals surface area contributed by atoms with Crippen LogP contribution in [-0.4, -0.2) is 40.8 Å². The van der Waals surface area contributed by atoms with E-state index in [2.05, 4.69) is 22.3 Å². The zero-order chi connectivity index (χ0) is 28.7. The van der Waals surface area contributed by atoms with E-state index in [9.17, 15) is 27.6 Å². The molecule has 1 heterocycles. The van der Waals surface area contributed by atoms with Crippen molar-refractivity contribution in [1.82, 2.24) is 9.78 Å². The van der Waals surface area contributed by atoms with E-state index in [1.54, 1.807) is 0 Å². The topological polar surface area (TPSA) is 112 Å². The first kappa shape index (κ1) is 29.2. The first-order valence-corrected chi connectivity index (χ1v) is 11.8. The van der Waals surface area contributed by atoms with Gasteiger partial charge in [0.1, 0.15) is 5.75 Å². The van der Waals surface area contributed by atoms with Gasteiger partial charge < -0.3 is 20.1 Å². The summed E-state index contributed by atoms with van der Waals surface area (Å²) in [5.41, 5.74) is -1.82. The van der Waals surface area contributed by atoms with Gasteiger partial charge in [-0.2, -0.15) is 18.3 Å². The van der Waals surface area contributed by atoms with E-state index in [0.717, 1.165) is 12.3 Å². The van der Waals surface area contributed by atoms with E-state index in [-0.39, 0.29) is 47.0 Å². The van der Waals surface area contributed by atoms with Gasteiger partial charge in [-0.3, -0.25) is 9.59 Å². The maximum Gasteiger partial charge on any atom is 0.434 e. The highest BCUT2D eigenvalue weighted by atomic mass is 35.5. The fourth-order valence-corrected chi connectivity index (χ4v) is 3.47. The molecule has 206 valence electrons. The smallest absolute Gasteiger partial charge is 0.434 e. The minimum atomic E-state index is -4.95. The van der Waals surface area contributed by atoms with Crippen LogP contribution in [0.3, 0.4) is 0 Å². The lowest BCUT2D eigenvalue weighted by Gasteiger charge is -2.14. The molecule has 3 aromatic rings. The number of alkyl halides is 3. The van der Waals surface area contributed by atoms with Crippen LogP contribution in [0.5, 0.6) is 5.75 Å². The van der Waals surface area contributed by atoms with Gasteiger partial charge in [0.15, 0.2) is 12.3 Å². The third-order valence-electron chi connectivity index (χ3n) is 4.91. The summed E-state index contributed by atoms with van der Waals surface area (Å²) in [5, 5.41) is 8.69. The second-order valence-corrected chi connectivity index (χ2v) is 8.99. The molecule has 0 aliphatic carbocycles.